The Morgan fingerprint density at radius 3 is 2.68 bits per heavy atom. The predicted octanol–water partition coefficient (Wildman–Crippen LogP) is 3.09. The van der Waals surface area contributed by atoms with Gasteiger partial charge in [0.05, 0.1) is 12.7 Å². The van der Waals surface area contributed by atoms with Crippen LogP contribution in [-0.4, -0.2) is 13.2 Å². The SMILES string of the molecule is c1ccc2c(c1)Cc1ccccc1N1CNCCC21. The molecule has 1 N–H and O–H groups in total. The number of para-hydroxylation sites is 1. The van der Waals surface area contributed by atoms with Crippen molar-refractivity contribution in [3.63, 3.8) is 0 Å². The molecule has 19 heavy (non-hydrogen) atoms. The molecule has 4 rings (SSSR count). The van der Waals surface area contributed by atoms with Gasteiger partial charge in [-0.15, -0.1) is 0 Å². The standard InChI is InChI=1S/C17H18N2/c1-3-7-15-13(5-1)11-14-6-2-4-8-16(14)19-12-18-10-9-17(15)19/h1-8,17-18H,9-12H2. The highest BCUT2D eigenvalue weighted by atomic mass is 15.3. The van der Waals surface area contributed by atoms with E-state index in [-0.39, 0.29) is 0 Å². The largest absolute Gasteiger partial charge is 0.351 e. The molecule has 1 atom stereocenters. The molecule has 2 aliphatic heterocycles. The van der Waals surface area contributed by atoms with E-state index in [9.17, 15) is 0 Å². The van der Waals surface area contributed by atoms with Gasteiger partial charge in [0.25, 0.3) is 0 Å². The summed E-state index contributed by atoms with van der Waals surface area (Å²) in [6, 6.07) is 18.3. The predicted molar refractivity (Wildman–Crippen MR) is 78.4 cm³/mol. The number of fused-ring (bicyclic) bond motifs is 5. The molecule has 2 heterocycles. The molecule has 0 bridgehead atoms. The van der Waals surface area contributed by atoms with E-state index in [0.29, 0.717) is 6.04 Å². The van der Waals surface area contributed by atoms with Gasteiger partial charge < -0.3 is 4.90 Å². The number of nitrogens with zero attached hydrogens (tertiary/aromatic N) is 1. The van der Waals surface area contributed by atoms with Crippen LogP contribution in [0.3, 0.4) is 0 Å². The fourth-order valence-corrected chi connectivity index (χ4v) is 3.45. The Morgan fingerprint density at radius 2 is 1.74 bits per heavy atom. The summed E-state index contributed by atoms with van der Waals surface area (Å²) in [7, 11) is 0. The van der Waals surface area contributed by atoms with Crippen LogP contribution in [0.5, 0.6) is 0 Å². The van der Waals surface area contributed by atoms with Crippen LogP contribution in [0.4, 0.5) is 5.69 Å². The monoisotopic (exact) mass is 250 g/mol. The van der Waals surface area contributed by atoms with E-state index in [4.69, 9.17) is 0 Å². The van der Waals surface area contributed by atoms with Gasteiger partial charge in [0.1, 0.15) is 0 Å². The van der Waals surface area contributed by atoms with Crippen LogP contribution in [0.1, 0.15) is 29.2 Å². The molecule has 2 aromatic rings. The first-order valence-electron chi connectivity index (χ1n) is 7.06. The maximum absolute atomic E-state index is 3.51. The van der Waals surface area contributed by atoms with Gasteiger partial charge in [0.15, 0.2) is 0 Å². The molecule has 1 fully saturated rings. The van der Waals surface area contributed by atoms with E-state index in [2.05, 4.69) is 58.7 Å². The smallest absolute Gasteiger partial charge is 0.0688 e. The number of hydrogen-bond donors (Lipinski definition) is 1. The second-order valence-electron chi connectivity index (χ2n) is 5.44. The van der Waals surface area contributed by atoms with E-state index in [1.54, 1.807) is 0 Å². The third-order valence-corrected chi connectivity index (χ3v) is 4.35. The molecule has 0 radical (unpaired) electrons. The average molecular weight is 250 g/mol. The van der Waals surface area contributed by atoms with Gasteiger partial charge in [0, 0.05) is 5.69 Å². The van der Waals surface area contributed by atoms with Crippen molar-refractivity contribution in [1.29, 1.82) is 0 Å². The molecule has 96 valence electrons. The number of anilines is 1. The van der Waals surface area contributed by atoms with Gasteiger partial charge in [-0.25, -0.2) is 0 Å². The van der Waals surface area contributed by atoms with Gasteiger partial charge >= 0.3 is 0 Å². The average Bonchev–Trinajstić information content (AvgIpc) is 2.62. The lowest BCUT2D eigenvalue weighted by atomic mass is 9.95. The second-order valence-corrected chi connectivity index (χ2v) is 5.44. The minimum absolute atomic E-state index is 0.529. The van der Waals surface area contributed by atoms with E-state index in [0.717, 1.165) is 19.6 Å². The van der Waals surface area contributed by atoms with Crippen LogP contribution < -0.4 is 10.2 Å². The zero-order valence-corrected chi connectivity index (χ0v) is 11.0. The lowest BCUT2D eigenvalue weighted by Gasteiger charge is -2.38. The normalized spacial score (nSPS) is 21.1. The minimum atomic E-state index is 0.529. The van der Waals surface area contributed by atoms with Crippen molar-refractivity contribution in [3.8, 4) is 0 Å². The third kappa shape index (κ3) is 1.75. The quantitative estimate of drug-likeness (QED) is 0.773. The zero-order chi connectivity index (χ0) is 12.7. The Bertz CT molecular complexity index is 552. The fourth-order valence-electron chi connectivity index (χ4n) is 3.45. The van der Waals surface area contributed by atoms with Gasteiger partial charge in [0.2, 0.25) is 0 Å². The van der Waals surface area contributed by atoms with Gasteiger partial charge in [-0.2, -0.15) is 0 Å². The molecule has 2 aliphatic rings. The van der Waals surface area contributed by atoms with Crippen LogP contribution >= 0.6 is 0 Å². The van der Waals surface area contributed by atoms with Crippen molar-refractivity contribution in [2.75, 3.05) is 18.1 Å². The topological polar surface area (TPSA) is 15.3 Å². The van der Waals surface area contributed by atoms with Gasteiger partial charge in [-0.05, 0) is 42.1 Å². The Morgan fingerprint density at radius 1 is 0.947 bits per heavy atom. The molecule has 2 aromatic carbocycles. The Hall–Kier alpha value is -1.80. The number of benzene rings is 2. The number of nitrogens with one attached hydrogen (secondary N) is 1. The van der Waals surface area contributed by atoms with Crippen LogP contribution in [-0.2, 0) is 6.42 Å². The molecule has 2 nitrogen and oxygen atoms in total. The van der Waals surface area contributed by atoms with E-state index >= 15 is 0 Å². The van der Waals surface area contributed by atoms with Crippen LogP contribution in [0.2, 0.25) is 0 Å². The van der Waals surface area contributed by atoms with Crippen LogP contribution in [0.15, 0.2) is 48.5 Å². The number of hydrogen-bond acceptors (Lipinski definition) is 2. The highest BCUT2D eigenvalue weighted by molar-refractivity contribution is 5.60. The molecule has 0 amide bonds. The zero-order valence-electron chi connectivity index (χ0n) is 11.0. The van der Waals surface area contributed by atoms with Crippen molar-refractivity contribution < 1.29 is 0 Å². The maximum atomic E-state index is 3.51. The molecular formula is C17H18N2. The fraction of sp³-hybridized carbons (Fsp3) is 0.294. The van der Waals surface area contributed by atoms with Crippen LogP contribution in [0, 0.1) is 0 Å². The molecule has 1 unspecified atom stereocenters. The summed E-state index contributed by atoms with van der Waals surface area (Å²) in [5, 5.41) is 3.51. The van der Waals surface area contributed by atoms with Gasteiger partial charge in [-0.3, -0.25) is 5.32 Å². The van der Waals surface area contributed by atoms with E-state index in [1.165, 1.54) is 28.8 Å². The lowest BCUT2D eigenvalue weighted by molar-refractivity contribution is 0.460. The Labute approximate surface area is 114 Å². The first-order valence-corrected chi connectivity index (χ1v) is 7.06. The molecule has 1 saturated heterocycles. The molecular weight excluding hydrogens is 232 g/mol. The summed E-state index contributed by atoms with van der Waals surface area (Å²) in [5.41, 5.74) is 5.85. The Kier molecular flexibility index (Phi) is 2.56. The lowest BCUT2D eigenvalue weighted by Crippen LogP contribution is -2.43. The van der Waals surface area contributed by atoms with Crippen molar-refractivity contribution >= 4 is 5.69 Å². The highest BCUT2D eigenvalue weighted by Crippen LogP contribution is 2.39. The third-order valence-electron chi connectivity index (χ3n) is 4.35. The second kappa shape index (κ2) is 4.39. The van der Waals surface area contributed by atoms with E-state index in [1.807, 2.05) is 0 Å². The first kappa shape index (κ1) is 11.1. The van der Waals surface area contributed by atoms with E-state index < -0.39 is 0 Å². The Balaban J connectivity index is 1.92. The summed E-state index contributed by atoms with van der Waals surface area (Å²) in [6.07, 6.45) is 2.24. The summed E-state index contributed by atoms with van der Waals surface area (Å²) < 4.78 is 0. The first-order chi connectivity index (χ1) is 9.43. The summed E-state index contributed by atoms with van der Waals surface area (Å²) in [5.74, 6) is 0. The van der Waals surface area contributed by atoms with Crippen molar-refractivity contribution in [2.24, 2.45) is 0 Å². The number of rotatable bonds is 0. The van der Waals surface area contributed by atoms with Crippen molar-refractivity contribution in [1.82, 2.24) is 5.32 Å². The molecule has 0 spiro atoms. The molecule has 2 heteroatoms. The summed E-state index contributed by atoms with van der Waals surface area (Å²) in [4.78, 5) is 2.53. The molecule has 0 saturated carbocycles. The highest BCUT2D eigenvalue weighted by Gasteiger charge is 2.29. The summed E-state index contributed by atoms with van der Waals surface area (Å²) >= 11 is 0. The van der Waals surface area contributed by atoms with Crippen molar-refractivity contribution in [3.05, 3.63) is 65.2 Å². The molecule has 0 aromatic heterocycles. The summed E-state index contributed by atoms with van der Waals surface area (Å²) in [6.45, 7) is 2.06. The molecule has 0 aliphatic carbocycles. The van der Waals surface area contributed by atoms with Crippen molar-refractivity contribution in [2.45, 2.75) is 18.9 Å². The maximum Gasteiger partial charge on any atom is 0.0688 e. The van der Waals surface area contributed by atoms with Crippen LogP contribution in [0.25, 0.3) is 0 Å². The van der Waals surface area contributed by atoms with Gasteiger partial charge in [-0.1, -0.05) is 42.5 Å². The minimum Gasteiger partial charge on any atom is -0.351 e.